The van der Waals surface area contributed by atoms with E-state index in [1.807, 2.05) is 32.0 Å². The van der Waals surface area contributed by atoms with Crippen molar-refractivity contribution in [2.75, 3.05) is 13.2 Å². The van der Waals surface area contributed by atoms with Gasteiger partial charge in [0.05, 0.1) is 0 Å². The molecular formula is C14H17NO3. The van der Waals surface area contributed by atoms with Crippen molar-refractivity contribution in [2.45, 2.75) is 13.8 Å². The summed E-state index contributed by atoms with van der Waals surface area (Å²) in [4.78, 5) is 11.8. The average molecular weight is 247 g/mol. The largest absolute Gasteiger partial charge is 0.451 e. The molecule has 0 radical (unpaired) electrons. The highest BCUT2D eigenvalue weighted by Gasteiger charge is 2.12. The molecule has 0 saturated heterocycles. The van der Waals surface area contributed by atoms with E-state index in [1.54, 1.807) is 6.07 Å². The molecule has 2 aromatic rings. The third kappa shape index (κ3) is 2.71. The molecule has 18 heavy (non-hydrogen) atoms. The van der Waals surface area contributed by atoms with Gasteiger partial charge in [0.15, 0.2) is 5.76 Å². The fourth-order valence-corrected chi connectivity index (χ4v) is 1.69. The van der Waals surface area contributed by atoms with Crippen LogP contribution >= 0.6 is 0 Å². The van der Waals surface area contributed by atoms with Crippen LogP contribution in [0.4, 0.5) is 0 Å². The molecule has 0 aliphatic heterocycles. The number of fused-ring (bicyclic) bond motifs is 1. The number of furan rings is 1. The van der Waals surface area contributed by atoms with Crippen LogP contribution in [0.2, 0.25) is 0 Å². The smallest absolute Gasteiger partial charge is 0.287 e. The first-order chi connectivity index (χ1) is 8.60. The lowest BCUT2D eigenvalue weighted by Crippen LogP contribution is -2.29. The molecule has 0 fully saturated rings. The van der Waals surface area contributed by atoms with Gasteiger partial charge in [-0.3, -0.25) is 4.79 Å². The molecule has 2 rings (SSSR count). The zero-order valence-electron chi connectivity index (χ0n) is 10.6. The molecule has 0 aliphatic rings. The first-order valence-electron chi connectivity index (χ1n) is 5.99. The topological polar surface area (TPSA) is 62.5 Å². The maximum absolute atomic E-state index is 11.8. The van der Waals surface area contributed by atoms with E-state index in [0.717, 1.165) is 10.9 Å². The average Bonchev–Trinajstić information content (AvgIpc) is 2.78. The molecule has 1 aromatic heterocycles. The molecule has 1 unspecified atom stereocenters. The molecule has 4 heteroatoms. The summed E-state index contributed by atoms with van der Waals surface area (Å²) in [5.41, 5.74) is 1.84. The second-order valence-electron chi connectivity index (χ2n) is 4.65. The molecular weight excluding hydrogens is 230 g/mol. The van der Waals surface area contributed by atoms with Crippen LogP contribution < -0.4 is 5.32 Å². The number of benzene rings is 1. The van der Waals surface area contributed by atoms with Gasteiger partial charge in [-0.2, -0.15) is 0 Å². The highest BCUT2D eigenvalue weighted by atomic mass is 16.3. The van der Waals surface area contributed by atoms with Crippen LogP contribution in [0.15, 0.2) is 28.7 Å². The maximum Gasteiger partial charge on any atom is 0.287 e. The zero-order chi connectivity index (χ0) is 13.1. The summed E-state index contributed by atoms with van der Waals surface area (Å²) in [6.07, 6.45) is 0. The Kier molecular flexibility index (Phi) is 3.67. The van der Waals surface area contributed by atoms with E-state index in [1.165, 1.54) is 0 Å². The van der Waals surface area contributed by atoms with Crippen molar-refractivity contribution in [3.63, 3.8) is 0 Å². The van der Waals surface area contributed by atoms with Gasteiger partial charge in [-0.25, -0.2) is 0 Å². The molecule has 0 saturated carbocycles. The predicted octanol–water partition coefficient (Wildman–Crippen LogP) is 2.10. The highest BCUT2D eigenvalue weighted by molar-refractivity contribution is 5.96. The van der Waals surface area contributed by atoms with Crippen LogP contribution in [0, 0.1) is 12.8 Å². The molecule has 1 heterocycles. The van der Waals surface area contributed by atoms with Crippen molar-refractivity contribution in [1.29, 1.82) is 0 Å². The molecule has 96 valence electrons. The number of aliphatic hydroxyl groups excluding tert-OH is 1. The summed E-state index contributed by atoms with van der Waals surface area (Å²) >= 11 is 0. The quantitative estimate of drug-likeness (QED) is 0.869. The predicted molar refractivity (Wildman–Crippen MR) is 69.5 cm³/mol. The van der Waals surface area contributed by atoms with Crippen molar-refractivity contribution < 1.29 is 14.3 Å². The Morgan fingerprint density at radius 3 is 2.94 bits per heavy atom. The summed E-state index contributed by atoms with van der Waals surface area (Å²) < 4.78 is 5.48. The van der Waals surface area contributed by atoms with E-state index in [4.69, 9.17) is 9.52 Å². The van der Waals surface area contributed by atoms with Crippen molar-refractivity contribution in [1.82, 2.24) is 5.32 Å². The number of carbonyl (C=O) groups is 1. The molecule has 4 nitrogen and oxygen atoms in total. The Morgan fingerprint density at radius 2 is 2.22 bits per heavy atom. The Bertz CT molecular complexity index is 559. The Balaban J connectivity index is 2.13. The minimum Gasteiger partial charge on any atom is -0.451 e. The number of aryl methyl sites for hydroxylation is 1. The normalized spacial score (nSPS) is 12.6. The van der Waals surface area contributed by atoms with Gasteiger partial charge in [-0.15, -0.1) is 0 Å². The first-order valence-corrected chi connectivity index (χ1v) is 5.99. The number of aliphatic hydroxyl groups is 1. The number of nitrogens with one attached hydrogen (secondary N) is 1. The van der Waals surface area contributed by atoms with Crippen molar-refractivity contribution in [3.05, 3.63) is 35.6 Å². The summed E-state index contributed by atoms with van der Waals surface area (Å²) in [7, 11) is 0. The SMILES string of the molecule is Cc1ccc2oc(C(=O)NCC(C)CO)cc2c1. The lowest BCUT2D eigenvalue weighted by molar-refractivity contribution is 0.0916. The van der Waals surface area contributed by atoms with Crippen molar-refractivity contribution in [3.8, 4) is 0 Å². The molecule has 0 spiro atoms. The van der Waals surface area contributed by atoms with E-state index in [0.29, 0.717) is 17.9 Å². The summed E-state index contributed by atoms with van der Waals surface area (Å²) in [5, 5.41) is 12.5. The summed E-state index contributed by atoms with van der Waals surface area (Å²) in [5.74, 6) is 0.102. The van der Waals surface area contributed by atoms with E-state index in [9.17, 15) is 4.79 Å². The number of hydrogen-bond acceptors (Lipinski definition) is 3. The molecule has 1 atom stereocenters. The maximum atomic E-state index is 11.8. The second-order valence-corrected chi connectivity index (χ2v) is 4.65. The lowest BCUT2D eigenvalue weighted by Gasteiger charge is -2.07. The van der Waals surface area contributed by atoms with Gasteiger partial charge in [0.2, 0.25) is 0 Å². The Morgan fingerprint density at radius 1 is 1.44 bits per heavy atom. The van der Waals surface area contributed by atoms with E-state index in [2.05, 4.69) is 5.32 Å². The monoisotopic (exact) mass is 247 g/mol. The highest BCUT2D eigenvalue weighted by Crippen LogP contribution is 2.20. The zero-order valence-corrected chi connectivity index (χ0v) is 10.6. The van der Waals surface area contributed by atoms with Gasteiger partial charge in [0.25, 0.3) is 5.91 Å². The summed E-state index contributed by atoms with van der Waals surface area (Å²) in [6.45, 7) is 4.35. The van der Waals surface area contributed by atoms with E-state index in [-0.39, 0.29) is 18.4 Å². The van der Waals surface area contributed by atoms with Gasteiger partial charge in [0, 0.05) is 18.5 Å². The third-order valence-corrected chi connectivity index (χ3v) is 2.82. The number of rotatable bonds is 4. The van der Waals surface area contributed by atoms with Crippen LogP contribution in [0.5, 0.6) is 0 Å². The molecule has 1 amide bonds. The van der Waals surface area contributed by atoms with Gasteiger partial charge < -0.3 is 14.8 Å². The van der Waals surface area contributed by atoms with Crippen LogP contribution in [-0.4, -0.2) is 24.2 Å². The minimum absolute atomic E-state index is 0.0422. The fraction of sp³-hybridized carbons (Fsp3) is 0.357. The minimum atomic E-state index is -0.246. The van der Waals surface area contributed by atoms with Gasteiger partial charge in [-0.1, -0.05) is 18.6 Å². The summed E-state index contributed by atoms with van der Waals surface area (Å²) in [6, 6.07) is 7.52. The second kappa shape index (κ2) is 5.23. The molecule has 0 bridgehead atoms. The van der Waals surface area contributed by atoms with Gasteiger partial charge >= 0.3 is 0 Å². The van der Waals surface area contributed by atoms with Gasteiger partial charge in [-0.05, 0) is 31.0 Å². The third-order valence-electron chi connectivity index (χ3n) is 2.82. The van der Waals surface area contributed by atoms with Crippen LogP contribution in [-0.2, 0) is 0 Å². The molecule has 1 aromatic carbocycles. The first kappa shape index (κ1) is 12.6. The standard InChI is InChI=1S/C14H17NO3/c1-9-3-4-12-11(5-9)6-13(18-12)14(17)15-7-10(2)8-16/h3-6,10,16H,7-8H2,1-2H3,(H,15,17). The van der Waals surface area contributed by atoms with E-state index >= 15 is 0 Å². The molecule has 0 aliphatic carbocycles. The van der Waals surface area contributed by atoms with Crippen molar-refractivity contribution in [2.24, 2.45) is 5.92 Å². The van der Waals surface area contributed by atoms with Gasteiger partial charge in [0.1, 0.15) is 5.58 Å². The Hall–Kier alpha value is -1.81. The van der Waals surface area contributed by atoms with E-state index < -0.39 is 0 Å². The van der Waals surface area contributed by atoms with Crippen LogP contribution in [0.1, 0.15) is 23.0 Å². The number of carbonyl (C=O) groups excluding carboxylic acids is 1. The number of hydrogen-bond donors (Lipinski definition) is 2. The molecule has 2 N–H and O–H groups in total. The van der Waals surface area contributed by atoms with Crippen LogP contribution in [0.3, 0.4) is 0 Å². The van der Waals surface area contributed by atoms with Crippen LogP contribution in [0.25, 0.3) is 11.0 Å². The Labute approximate surface area is 106 Å². The van der Waals surface area contributed by atoms with Crippen molar-refractivity contribution >= 4 is 16.9 Å². The lowest BCUT2D eigenvalue weighted by atomic mass is 10.2. The number of amides is 1. The fourth-order valence-electron chi connectivity index (χ4n) is 1.69.